The average Bonchev–Trinajstić information content (AvgIpc) is 3.21. The number of furan rings is 1. The van der Waals surface area contributed by atoms with Crippen molar-refractivity contribution in [3.63, 3.8) is 0 Å². The number of esters is 1. The van der Waals surface area contributed by atoms with Gasteiger partial charge in [-0.25, -0.2) is 4.79 Å². The van der Waals surface area contributed by atoms with Gasteiger partial charge in [0.05, 0.1) is 17.1 Å². The van der Waals surface area contributed by atoms with Crippen LogP contribution in [0.15, 0.2) is 48.3 Å². The van der Waals surface area contributed by atoms with Gasteiger partial charge in [-0.15, -0.1) is 10.2 Å². The Morgan fingerprint density at radius 1 is 1.17 bits per heavy atom. The lowest BCUT2D eigenvalue weighted by atomic mass is 10.2. The Morgan fingerprint density at radius 2 is 2.00 bits per heavy atom. The molecule has 0 unspecified atom stereocenters. The zero-order chi connectivity index (χ0) is 17.1. The fourth-order valence-corrected chi connectivity index (χ4v) is 2.64. The van der Waals surface area contributed by atoms with Gasteiger partial charge in [-0.2, -0.15) is 0 Å². The number of hydrogen-bond donors (Lipinski definition) is 0. The van der Waals surface area contributed by atoms with Crippen LogP contribution in [0.25, 0.3) is 11.7 Å². The van der Waals surface area contributed by atoms with Crippen LogP contribution in [0.4, 0.5) is 0 Å². The van der Waals surface area contributed by atoms with E-state index < -0.39 is 5.97 Å². The minimum atomic E-state index is -0.423. The third-order valence-corrected chi connectivity index (χ3v) is 4.00. The number of benzene rings is 1. The average molecular weight is 458 g/mol. The second kappa shape index (κ2) is 7.18. The molecule has 0 fully saturated rings. The number of carbonyl (C=O) groups excluding carboxylic acids is 1. The largest absolute Gasteiger partial charge is 0.483 e. The van der Waals surface area contributed by atoms with Gasteiger partial charge < -0.3 is 18.3 Å². The molecule has 0 aliphatic heterocycles. The molecule has 0 bridgehead atoms. The molecule has 7 nitrogen and oxygen atoms in total. The van der Waals surface area contributed by atoms with Crippen molar-refractivity contribution in [2.45, 2.75) is 6.61 Å². The number of carbonyl (C=O) groups is 1. The first-order valence-corrected chi connectivity index (χ1v) is 8.24. The topological polar surface area (TPSA) is 87.6 Å². The van der Waals surface area contributed by atoms with Crippen LogP contribution in [0.5, 0.6) is 5.75 Å². The van der Waals surface area contributed by atoms with Crippen LogP contribution >= 0.6 is 31.9 Å². The smallest absolute Gasteiger partial charge is 0.337 e. The Hall–Kier alpha value is -2.13. The highest BCUT2D eigenvalue weighted by Gasteiger charge is 2.14. The lowest BCUT2D eigenvalue weighted by molar-refractivity contribution is 0.0600. The summed E-state index contributed by atoms with van der Waals surface area (Å²) < 4.78 is 22.3. The summed E-state index contributed by atoms with van der Waals surface area (Å²) in [5.74, 6) is 1.13. The molecule has 0 aliphatic rings. The molecule has 0 atom stereocenters. The Kier molecular flexibility index (Phi) is 5.00. The van der Waals surface area contributed by atoms with Gasteiger partial charge >= 0.3 is 5.97 Å². The number of aromatic nitrogens is 2. The van der Waals surface area contributed by atoms with Crippen LogP contribution in [-0.2, 0) is 11.3 Å². The second-order valence-electron chi connectivity index (χ2n) is 4.53. The molecular formula is C15H10Br2N2O5. The maximum Gasteiger partial charge on any atom is 0.337 e. The predicted molar refractivity (Wildman–Crippen MR) is 89.5 cm³/mol. The summed E-state index contributed by atoms with van der Waals surface area (Å²) >= 11 is 6.55. The molecule has 2 heterocycles. The molecule has 0 N–H and O–H groups in total. The van der Waals surface area contributed by atoms with Crippen molar-refractivity contribution in [3.05, 3.63) is 50.9 Å². The van der Waals surface area contributed by atoms with E-state index >= 15 is 0 Å². The van der Waals surface area contributed by atoms with E-state index in [0.717, 1.165) is 0 Å². The standard InChI is InChI=1S/C15H10Br2N2O5/c1-21-15(20)8-2-3-10(9(16)6-8)22-7-13-18-19-14(24-13)11-4-5-12(17)23-11/h2-6H,7H2,1H3. The summed E-state index contributed by atoms with van der Waals surface area (Å²) in [5, 5.41) is 7.80. The lowest BCUT2D eigenvalue weighted by Gasteiger charge is -2.07. The molecule has 124 valence electrons. The molecular weight excluding hydrogens is 448 g/mol. The number of rotatable bonds is 5. The molecule has 0 saturated heterocycles. The van der Waals surface area contributed by atoms with Crippen molar-refractivity contribution in [1.29, 1.82) is 0 Å². The number of methoxy groups -OCH3 is 1. The van der Waals surface area contributed by atoms with Crippen molar-refractivity contribution < 1.29 is 23.1 Å². The molecule has 1 aromatic carbocycles. The summed E-state index contributed by atoms with van der Waals surface area (Å²) in [6.07, 6.45) is 0. The van der Waals surface area contributed by atoms with Crippen molar-refractivity contribution in [1.82, 2.24) is 10.2 Å². The van der Waals surface area contributed by atoms with E-state index in [2.05, 4.69) is 46.8 Å². The molecule has 0 spiro atoms. The van der Waals surface area contributed by atoms with E-state index in [4.69, 9.17) is 13.6 Å². The predicted octanol–water partition coefficient (Wildman–Crippen LogP) is 4.22. The lowest BCUT2D eigenvalue weighted by Crippen LogP contribution is -2.02. The van der Waals surface area contributed by atoms with E-state index in [1.807, 2.05) is 0 Å². The summed E-state index contributed by atoms with van der Waals surface area (Å²) in [7, 11) is 1.32. The van der Waals surface area contributed by atoms with Gasteiger partial charge in [0.15, 0.2) is 17.0 Å². The van der Waals surface area contributed by atoms with Gasteiger partial charge in [0, 0.05) is 0 Å². The first kappa shape index (κ1) is 16.7. The van der Waals surface area contributed by atoms with E-state index in [-0.39, 0.29) is 12.5 Å². The Bertz CT molecular complexity index is 874. The third kappa shape index (κ3) is 3.68. The number of hydrogen-bond acceptors (Lipinski definition) is 7. The Labute approximate surface area is 153 Å². The fraction of sp³-hybridized carbons (Fsp3) is 0.133. The summed E-state index contributed by atoms with van der Waals surface area (Å²) in [6.45, 7) is 0.0745. The molecule has 9 heteroatoms. The van der Waals surface area contributed by atoms with E-state index in [9.17, 15) is 4.79 Å². The molecule has 0 amide bonds. The van der Waals surface area contributed by atoms with E-state index in [1.165, 1.54) is 7.11 Å². The van der Waals surface area contributed by atoms with Gasteiger partial charge in [-0.3, -0.25) is 0 Å². The Morgan fingerprint density at radius 3 is 2.67 bits per heavy atom. The minimum absolute atomic E-state index is 0.0745. The van der Waals surface area contributed by atoms with Gasteiger partial charge in [0.2, 0.25) is 0 Å². The van der Waals surface area contributed by atoms with E-state index in [0.29, 0.717) is 32.1 Å². The van der Waals surface area contributed by atoms with Crippen molar-refractivity contribution >= 4 is 37.8 Å². The number of ether oxygens (including phenoxy) is 2. The molecule has 24 heavy (non-hydrogen) atoms. The van der Waals surface area contributed by atoms with Crippen LogP contribution in [0.3, 0.4) is 0 Å². The molecule has 3 rings (SSSR count). The summed E-state index contributed by atoms with van der Waals surface area (Å²) in [4.78, 5) is 11.5. The van der Waals surface area contributed by atoms with Crippen LogP contribution in [-0.4, -0.2) is 23.3 Å². The normalized spacial score (nSPS) is 10.6. The molecule has 2 aromatic heterocycles. The third-order valence-electron chi connectivity index (χ3n) is 2.95. The van der Waals surface area contributed by atoms with Crippen LogP contribution in [0.1, 0.15) is 16.2 Å². The van der Waals surface area contributed by atoms with Crippen LogP contribution in [0.2, 0.25) is 0 Å². The molecule has 0 saturated carbocycles. The number of nitrogens with zero attached hydrogens (tertiary/aromatic N) is 2. The highest BCUT2D eigenvalue weighted by molar-refractivity contribution is 9.10. The highest BCUT2D eigenvalue weighted by atomic mass is 79.9. The highest BCUT2D eigenvalue weighted by Crippen LogP contribution is 2.28. The molecule has 0 aliphatic carbocycles. The quantitative estimate of drug-likeness (QED) is 0.530. The van der Waals surface area contributed by atoms with Crippen molar-refractivity contribution in [2.75, 3.05) is 7.11 Å². The van der Waals surface area contributed by atoms with Gasteiger partial charge in [-0.1, -0.05) is 0 Å². The van der Waals surface area contributed by atoms with Crippen LogP contribution < -0.4 is 4.74 Å². The van der Waals surface area contributed by atoms with Gasteiger partial charge in [0.25, 0.3) is 11.8 Å². The Balaban J connectivity index is 1.68. The monoisotopic (exact) mass is 456 g/mol. The van der Waals surface area contributed by atoms with Crippen molar-refractivity contribution in [3.8, 4) is 17.4 Å². The van der Waals surface area contributed by atoms with Gasteiger partial charge in [0.1, 0.15) is 5.75 Å². The summed E-state index contributed by atoms with van der Waals surface area (Å²) in [6, 6.07) is 8.31. The zero-order valence-electron chi connectivity index (χ0n) is 12.3. The molecule has 3 aromatic rings. The van der Waals surface area contributed by atoms with E-state index in [1.54, 1.807) is 30.3 Å². The number of halogens is 2. The minimum Gasteiger partial charge on any atom is -0.483 e. The maximum absolute atomic E-state index is 11.5. The fourth-order valence-electron chi connectivity index (χ4n) is 1.84. The zero-order valence-corrected chi connectivity index (χ0v) is 15.5. The molecule has 0 radical (unpaired) electrons. The second-order valence-corrected chi connectivity index (χ2v) is 6.17. The first-order valence-electron chi connectivity index (χ1n) is 6.65. The van der Waals surface area contributed by atoms with Gasteiger partial charge in [-0.05, 0) is 62.2 Å². The first-order chi connectivity index (χ1) is 11.6. The summed E-state index contributed by atoms with van der Waals surface area (Å²) in [5.41, 5.74) is 0.417. The van der Waals surface area contributed by atoms with Crippen molar-refractivity contribution in [2.24, 2.45) is 0 Å². The van der Waals surface area contributed by atoms with Crippen LogP contribution in [0, 0.1) is 0 Å². The maximum atomic E-state index is 11.5. The SMILES string of the molecule is COC(=O)c1ccc(OCc2nnc(-c3ccc(Br)o3)o2)c(Br)c1.